The van der Waals surface area contributed by atoms with Gasteiger partial charge in [-0.2, -0.15) is 0 Å². The summed E-state index contributed by atoms with van der Waals surface area (Å²) in [4.78, 5) is 12.1. The van der Waals surface area contributed by atoms with Crippen LogP contribution in [0.5, 0.6) is 5.75 Å². The van der Waals surface area contributed by atoms with Crippen molar-refractivity contribution in [3.05, 3.63) is 51.5 Å². The molecule has 0 unspecified atom stereocenters. The fourth-order valence-corrected chi connectivity index (χ4v) is 2.25. The number of anilines is 2. The van der Waals surface area contributed by atoms with E-state index in [0.29, 0.717) is 32.2 Å². The molecule has 2 aromatic carbocycles. The fraction of sp³-hybridized carbons (Fsp3) is 0.133. The first-order valence-electron chi connectivity index (χ1n) is 6.34. The Labute approximate surface area is 143 Å². The van der Waals surface area contributed by atoms with Crippen LogP contribution in [0, 0.1) is 0 Å². The smallest absolute Gasteiger partial charge is 0.265 e. The predicted octanol–water partition coefficient (Wildman–Crippen LogP) is 4.64. The minimum atomic E-state index is -0.754. The Morgan fingerprint density at radius 1 is 1.14 bits per heavy atom. The molecule has 0 aromatic heterocycles. The number of ether oxygens (including phenoxy) is 1. The van der Waals surface area contributed by atoms with Crippen molar-refractivity contribution in [2.24, 2.45) is 0 Å². The molecule has 2 rings (SSSR count). The Morgan fingerprint density at radius 2 is 1.86 bits per heavy atom. The first-order chi connectivity index (χ1) is 10.4. The number of carbonyl (C=O) groups excluding carboxylic acids is 1. The molecule has 0 heterocycles. The molecule has 0 radical (unpaired) electrons. The molecule has 3 N–H and O–H groups in total. The molecule has 7 heteroatoms. The summed E-state index contributed by atoms with van der Waals surface area (Å²) < 4.78 is 5.53. The number of hydrogen-bond acceptors (Lipinski definition) is 3. The molecule has 2 aromatic rings. The van der Waals surface area contributed by atoms with E-state index in [-0.39, 0.29) is 5.91 Å². The zero-order chi connectivity index (χ0) is 16.3. The van der Waals surface area contributed by atoms with Crippen molar-refractivity contribution in [2.45, 2.75) is 13.0 Å². The van der Waals surface area contributed by atoms with E-state index in [4.69, 9.17) is 45.3 Å². The van der Waals surface area contributed by atoms with Gasteiger partial charge >= 0.3 is 0 Å². The van der Waals surface area contributed by atoms with Crippen LogP contribution in [-0.4, -0.2) is 12.0 Å². The minimum absolute atomic E-state index is 0.336. The van der Waals surface area contributed by atoms with E-state index in [0.717, 1.165) is 0 Å². The highest BCUT2D eigenvalue weighted by Gasteiger charge is 2.16. The van der Waals surface area contributed by atoms with E-state index in [1.54, 1.807) is 43.3 Å². The van der Waals surface area contributed by atoms with E-state index in [2.05, 4.69) is 5.32 Å². The van der Waals surface area contributed by atoms with Gasteiger partial charge in [-0.1, -0.05) is 34.8 Å². The quantitative estimate of drug-likeness (QED) is 0.782. The monoisotopic (exact) mass is 358 g/mol. The van der Waals surface area contributed by atoms with Crippen LogP contribution in [0.4, 0.5) is 11.4 Å². The van der Waals surface area contributed by atoms with Crippen LogP contribution in [0.2, 0.25) is 15.1 Å². The van der Waals surface area contributed by atoms with Crippen LogP contribution < -0.4 is 15.8 Å². The summed E-state index contributed by atoms with van der Waals surface area (Å²) in [5, 5.41) is 3.94. The number of nitrogens with two attached hydrogens (primary N) is 1. The Bertz CT molecular complexity index is 707. The lowest BCUT2D eigenvalue weighted by Crippen LogP contribution is -2.30. The second-order valence-corrected chi connectivity index (χ2v) is 5.81. The number of nitrogen functional groups attached to an aromatic ring is 1. The van der Waals surface area contributed by atoms with Gasteiger partial charge in [-0.15, -0.1) is 0 Å². The van der Waals surface area contributed by atoms with Gasteiger partial charge in [0.1, 0.15) is 5.75 Å². The first kappa shape index (κ1) is 16.7. The number of rotatable bonds is 4. The van der Waals surface area contributed by atoms with Crippen LogP contribution >= 0.6 is 34.8 Å². The van der Waals surface area contributed by atoms with Gasteiger partial charge in [0.2, 0.25) is 0 Å². The maximum atomic E-state index is 12.1. The van der Waals surface area contributed by atoms with Crippen molar-refractivity contribution in [2.75, 3.05) is 11.1 Å². The molecule has 0 saturated heterocycles. The average Bonchev–Trinajstić information content (AvgIpc) is 2.45. The third kappa shape index (κ3) is 4.19. The lowest BCUT2D eigenvalue weighted by atomic mass is 10.2. The largest absolute Gasteiger partial charge is 0.479 e. The lowest BCUT2D eigenvalue weighted by Gasteiger charge is -2.16. The number of benzene rings is 2. The van der Waals surface area contributed by atoms with Gasteiger partial charge in [0, 0.05) is 10.7 Å². The summed E-state index contributed by atoms with van der Waals surface area (Å²) in [7, 11) is 0. The maximum Gasteiger partial charge on any atom is 0.265 e. The number of hydrogen-bond donors (Lipinski definition) is 2. The second kappa shape index (κ2) is 7.09. The van der Waals surface area contributed by atoms with E-state index in [9.17, 15) is 4.79 Å². The molecule has 22 heavy (non-hydrogen) atoms. The molecule has 4 nitrogen and oxygen atoms in total. The third-order valence-electron chi connectivity index (χ3n) is 2.83. The van der Waals surface area contributed by atoms with Crippen molar-refractivity contribution < 1.29 is 9.53 Å². The molecule has 1 amide bonds. The predicted molar refractivity (Wildman–Crippen MR) is 91.0 cm³/mol. The number of carbonyl (C=O) groups is 1. The number of halogens is 3. The number of amides is 1. The highest BCUT2D eigenvalue weighted by atomic mass is 35.5. The van der Waals surface area contributed by atoms with Crippen molar-refractivity contribution in [1.82, 2.24) is 0 Å². The van der Waals surface area contributed by atoms with Crippen molar-refractivity contribution in [1.29, 1.82) is 0 Å². The Balaban J connectivity index is 2.04. The zero-order valence-electron chi connectivity index (χ0n) is 11.6. The molecule has 116 valence electrons. The van der Waals surface area contributed by atoms with E-state index in [1.807, 2.05) is 0 Å². The van der Waals surface area contributed by atoms with Gasteiger partial charge in [-0.3, -0.25) is 4.79 Å². The molecule has 1 atom stereocenters. The standard InChI is InChI=1S/C15H13Cl3N2O2/c1-8(22-14-5-2-9(16)6-12(14)18)15(21)20-10-3-4-11(17)13(19)7-10/h2-8H,19H2,1H3,(H,20,21)/t8-/m0/s1. The molecular weight excluding hydrogens is 347 g/mol. The molecule has 0 fully saturated rings. The van der Waals surface area contributed by atoms with Crippen LogP contribution in [0.15, 0.2) is 36.4 Å². The van der Waals surface area contributed by atoms with Crippen LogP contribution in [0.25, 0.3) is 0 Å². The van der Waals surface area contributed by atoms with Gasteiger partial charge in [-0.25, -0.2) is 0 Å². The molecule has 0 bridgehead atoms. The summed E-state index contributed by atoms with van der Waals surface area (Å²) in [6.07, 6.45) is -0.754. The normalized spacial score (nSPS) is 11.8. The molecule has 0 saturated carbocycles. The van der Waals surface area contributed by atoms with Crippen LogP contribution in [0.1, 0.15) is 6.92 Å². The molecule has 0 spiro atoms. The molecule has 0 aliphatic heterocycles. The minimum Gasteiger partial charge on any atom is -0.479 e. The van der Waals surface area contributed by atoms with Gasteiger partial charge < -0.3 is 15.8 Å². The highest BCUT2D eigenvalue weighted by molar-refractivity contribution is 6.35. The topological polar surface area (TPSA) is 64.3 Å². The van der Waals surface area contributed by atoms with Crippen molar-refractivity contribution in [3.63, 3.8) is 0 Å². The van der Waals surface area contributed by atoms with Gasteiger partial charge in [0.15, 0.2) is 6.10 Å². The van der Waals surface area contributed by atoms with E-state index < -0.39 is 6.10 Å². The summed E-state index contributed by atoms with van der Waals surface area (Å²) in [5.41, 5.74) is 6.60. The summed E-state index contributed by atoms with van der Waals surface area (Å²) in [5.74, 6) is 0.0390. The maximum absolute atomic E-state index is 12.1. The zero-order valence-corrected chi connectivity index (χ0v) is 13.8. The van der Waals surface area contributed by atoms with Gasteiger partial charge in [0.25, 0.3) is 5.91 Å². The third-order valence-corrected chi connectivity index (χ3v) is 3.71. The highest BCUT2D eigenvalue weighted by Crippen LogP contribution is 2.28. The fourth-order valence-electron chi connectivity index (χ4n) is 1.68. The Morgan fingerprint density at radius 3 is 2.50 bits per heavy atom. The lowest BCUT2D eigenvalue weighted by molar-refractivity contribution is -0.122. The van der Waals surface area contributed by atoms with Gasteiger partial charge in [0.05, 0.1) is 15.7 Å². The van der Waals surface area contributed by atoms with Gasteiger partial charge in [-0.05, 0) is 43.3 Å². The number of nitrogens with one attached hydrogen (secondary N) is 1. The van der Waals surface area contributed by atoms with Crippen molar-refractivity contribution in [3.8, 4) is 5.75 Å². The Hall–Kier alpha value is -1.62. The molecule has 0 aliphatic carbocycles. The first-order valence-corrected chi connectivity index (χ1v) is 7.48. The van der Waals surface area contributed by atoms with Crippen molar-refractivity contribution >= 4 is 52.1 Å². The van der Waals surface area contributed by atoms with Crippen LogP contribution in [-0.2, 0) is 4.79 Å². The van der Waals surface area contributed by atoms with E-state index >= 15 is 0 Å². The molecule has 0 aliphatic rings. The Kier molecular flexibility index (Phi) is 5.40. The summed E-state index contributed by atoms with van der Waals surface area (Å²) >= 11 is 17.6. The SMILES string of the molecule is C[C@H](Oc1ccc(Cl)cc1Cl)C(=O)Nc1ccc(Cl)c(N)c1. The summed E-state index contributed by atoms with van der Waals surface area (Å²) in [6, 6.07) is 9.61. The summed E-state index contributed by atoms with van der Waals surface area (Å²) in [6.45, 7) is 1.61. The second-order valence-electron chi connectivity index (χ2n) is 4.56. The average molecular weight is 360 g/mol. The van der Waals surface area contributed by atoms with Crippen LogP contribution in [0.3, 0.4) is 0 Å². The molecular formula is C15H13Cl3N2O2. The van der Waals surface area contributed by atoms with E-state index in [1.165, 1.54) is 0 Å².